The highest BCUT2D eigenvalue weighted by Crippen LogP contribution is 2.34. The lowest BCUT2D eigenvalue weighted by molar-refractivity contribution is -0.144. The van der Waals surface area contributed by atoms with Crippen LogP contribution in [-0.2, 0) is 10.2 Å². The number of aliphatic hydroxyl groups is 1. The van der Waals surface area contributed by atoms with Gasteiger partial charge >= 0.3 is 5.97 Å². The van der Waals surface area contributed by atoms with E-state index in [1.807, 2.05) is 13.8 Å². The Morgan fingerprint density at radius 2 is 1.88 bits per heavy atom. The Morgan fingerprint density at radius 1 is 1.35 bits per heavy atom. The van der Waals surface area contributed by atoms with Gasteiger partial charge in [0.25, 0.3) is 0 Å². The number of hydrogen-bond acceptors (Lipinski definition) is 3. The molecule has 4 heteroatoms. The Balaban J connectivity index is 3.48. The summed E-state index contributed by atoms with van der Waals surface area (Å²) in [6.45, 7) is 4.85. The maximum atomic E-state index is 11.3. The summed E-state index contributed by atoms with van der Waals surface area (Å²) in [5.41, 5.74) is 1.15. The van der Waals surface area contributed by atoms with E-state index in [1.54, 1.807) is 12.1 Å². The summed E-state index contributed by atoms with van der Waals surface area (Å²) in [5, 5.41) is 18.6. The standard InChI is InChI=1S/C13H18O4/c1-8-5-10(11(17-4)6-9(8)2)13(3,7-14)12(15)16/h5-6,14H,7H2,1-4H3,(H,15,16). The SMILES string of the molecule is COc1cc(C)c(C)cc1C(C)(CO)C(=O)O. The van der Waals surface area contributed by atoms with E-state index in [2.05, 4.69) is 0 Å². The second-order valence-electron chi connectivity index (χ2n) is 4.43. The molecule has 0 heterocycles. The average molecular weight is 238 g/mol. The van der Waals surface area contributed by atoms with Crippen molar-refractivity contribution in [2.24, 2.45) is 0 Å². The molecule has 0 aliphatic heterocycles. The third-order valence-corrected chi connectivity index (χ3v) is 3.20. The summed E-state index contributed by atoms with van der Waals surface area (Å²) in [6.07, 6.45) is 0. The Hall–Kier alpha value is -1.55. The van der Waals surface area contributed by atoms with Crippen molar-refractivity contribution in [2.45, 2.75) is 26.2 Å². The van der Waals surface area contributed by atoms with Crippen molar-refractivity contribution < 1.29 is 19.7 Å². The molecule has 0 bridgehead atoms. The van der Waals surface area contributed by atoms with Crippen molar-refractivity contribution in [3.8, 4) is 5.75 Å². The lowest BCUT2D eigenvalue weighted by atomic mass is 9.81. The van der Waals surface area contributed by atoms with Crippen LogP contribution in [0.25, 0.3) is 0 Å². The van der Waals surface area contributed by atoms with Gasteiger partial charge < -0.3 is 14.9 Å². The van der Waals surface area contributed by atoms with Gasteiger partial charge in [-0.3, -0.25) is 4.79 Å². The van der Waals surface area contributed by atoms with E-state index < -0.39 is 18.0 Å². The number of carboxylic acid groups (broad SMARTS) is 1. The summed E-state index contributed by atoms with van der Waals surface area (Å²) in [4.78, 5) is 11.3. The normalized spacial score (nSPS) is 14.2. The minimum atomic E-state index is -1.34. The van der Waals surface area contributed by atoms with E-state index in [4.69, 9.17) is 4.74 Å². The molecule has 0 saturated carbocycles. The quantitative estimate of drug-likeness (QED) is 0.837. The minimum absolute atomic E-state index is 0.471. The summed E-state index contributed by atoms with van der Waals surface area (Å²) in [6, 6.07) is 3.56. The Kier molecular flexibility index (Phi) is 3.78. The van der Waals surface area contributed by atoms with Crippen LogP contribution in [0.1, 0.15) is 23.6 Å². The molecule has 2 N–H and O–H groups in total. The molecule has 1 aromatic carbocycles. The van der Waals surface area contributed by atoms with Crippen LogP contribution in [0.5, 0.6) is 5.75 Å². The molecular formula is C13H18O4. The molecule has 1 aromatic rings. The fourth-order valence-electron chi connectivity index (χ4n) is 1.66. The van der Waals surface area contributed by atoms with Crippen LogP contribution in [-0.4, -0.2) is 29.9 Å². The van der Waals surface area contributed by atoms with Crippen molar-refractivity contribution in [2.75, 3.05) is 13.7 Å². The molecular weight excluding hydrogens is 220 g/mol. The van der Waals surface area contributed by atoms with Crippen LogP contribution in [0.3, 0.4) is 0 Å². The molecule has 1 unspecified atom stereocenters. The number of aliphatic carboxylic acids is 1. The van der Waals surface area contributed by atoms with Crippen molar-refractivity contribution in [1.29, 1.82) is 0 Å². The highest BCUT2D eigenvalue weighted by Gasteiger charge is 2.37. The maximum absolute atomic E-state index is 11.3. The summed E-state index contributed by atoms with van der Waals surface area (Å²) in [5.74, 6) is -0.575. The molecule has 0 spiro atoms. The second kappa shape index (κ2) is 4.75. The minimum Gasteiger partial charge on any atom is -0.496 e. The topological polar surface area (TPSA) is 66.8 Å². The number of aryl methyl sites for hydroxylation is 2. The third kappa shape index (κ3) is 2.26. The molecule has 0 aliphatic rings. The first-order valence-electron chi connectivity index (χ1n) is 5.36. The van der Waals surface area contributed by atoms with Gasteiger partial charge in [-0.15, -0.1) is 0 Å². The predicted octanol–water partition coefficient (Wildman–Crippen LogP) is 1.65. The summed E-state index contributed by atoms with van der Waals surface area (Å²) in [7, 11) is 1.49. The number of carbonyl (C=O) groups is 1. The zero-order chi connectivity index (χ0) is 13.2. The average Bonchev–Trinajstić information content (AvgIpc) is 2.30. The van der Waals surface area contributed by atoms with Crippen LogP contribution < -0.4 is 4.74 Å². The van der Waals surface area contributed by atoms with Crippen LogP contribution >= 0.6 is 0 Å². The van der Waals surface area contributed by atoms with Gasteiger partial charge in [-0.1, -0.05) is 6.07 Å². The van der Waals surface area contributed by atoms with Crippen LogP contribution in [0.4, 0.5) is 0 Å². The fourth-order valence-corrected chi connectivity index (χ4v) is 1.66. The van der Waals surface area contributed by atoms with Gasteiger partial charge in [0.15, 0.2) is 0 Å². The molecule has 17 heavy (non-hydrogen) atoms. The van der Waals surface area contributed by atoms with Crippen molar-refractivity contribution in [1.82, 2.24) is 0 Å². The summed E-state index contributed by atoms with van der Waals surface area (Å²) >= 11 is 0. The van der Waals surface area contributed by atoms with Gasteiger partial charge in [0, 0.05) is 5.56 Å². The molecule has 0 saturated heterocycles. The van der Waals surface area contributed by atoms with E-state index in [1.165, 1.54) is 14.0 Å². The predicted molar refractivity (Wildman–Crippen MR) is 64.5 cm³/mol. The molecule has 0 amide bonds. The number of ether oxygens (including phenoxy) is 1. The van der Waals surface area contributed by atoms with Crippen LogP contribution in [0.15, 0.2) is 12.1 Å². The van der Waals surface area contributed by atoms with E-state index in [0.29, 0.717) is 11.3 Å². The molecule has 94 valence electrons. The van der Waals surface area contributed by atoms with Gasteiger partial charge in [0.2, 0.25) is 0 Å². The zero-order valence-electron chi connectivity index (χ0n) is 10.6. The Morgan fingerprint density at radius 3 is 2.29 bits per heavy atom. The molecule has 4 nitrogen and oxygen atoms in total. The first-order chi connectivity index (χ1) is 7.86. The smallest absolute Gasteiger partial charge is 0.316 e. The molecule has 1 rings (SSSR count). The van der Waals surface area contributed by atoms with E-state index in [-0.39, 0.29) is 0 Å². The molecule has 0 aliphatic carbocycles. The number of rotatable bonds is 4. The third-order valence-electron chi connectivity index (χ3n) is 3.20. The Labute approximate surface area is 101 Å². The van der Waals surface area contributed by atoms with E-state index >= 15 is 0 Å². The Bertz CT molecular complexity index is 439. The molecule has 0 fully saturated rings. The number of carboxylic acids is 1. The lowest BCUT2D eigenvalue weighted by Crippen LogP contribution is -2.36. The highest BCUT2D eigenvalue weighted by molar-refractivity contribution is 5.82. The number of benzene rings is 1. The first kappa shape index (κ1) is 13.5. The van der Waals surface area contributed by atoms with Gasteiger partial charge in [-0.05, 0) is 38.0 Å². The van der Waals surface area contributed by atoms with Crippen molar-refractivity contribution in [3.63, 3.8) is 0 Å². The molecule has 0 radical (unpaired) electrons. The number of methoxy groups -OCH3 is 1. The molecule has 1 atom stereocenters. The fraction of sp³-hybridized carbons (Fsp3) is 0.462. The number of aliphatic hydroxyl groups excluding tert-OH is 1. The van der Waals surface area contributed by atoms with Gasteiger partial charge in [-0.25, -0.2) is 0 Å². The van der Waals surface area contributed by atoms with Gasteiger partial charge in [0.1, 0.15) is 11.2 Å². The zero-order valence-corrected chi connectivity index (χ0v) is 10.6. The summed E-state index contributed by atoms with van der Waals surface area (Å²) < 4.78 is 5.20. The van der Waals surface area contributed by atoms with Gasteiger partial charge in [-0.2, -0.15) is 0 Å². The molecule has 0 aromatic heterocycles. The van der Waals surface area contributed by atoms with Crippen molar-refractivity contribution in [3.05, 3.63) is 28.8 Å². The monoisotopic (exact) mass is 238 g/mol. The lowest BCUT2D eigenvalue weighted by Gasteiger charge is -2.25. The maximum Gasteiger partial charge on any atom is 0.316 e. The van der Waals surface area contributed by atoms with Gasteiger partial charge in [0.05, 0.1) is 13.7 Å². The second-order valence-corrected chi connectivity index (χ2v) is 4.43. The van der Waals surface area contributed by atoms with Crippen LogP contribution in [0, 0.1) is 13.8 Å². The number of hydrogen-bond donors (Lipinski definition) is 2. The first-order valence-corrected chi connectivity index (χ1v) is 5.36. The highest BCUT2D eigenvalue weighted by atomic mass is 16.5. The largest absolute Gasteiger partial charge is 0.496 e. The van der Waals surface area contributed by atoms with Crippen LogP contribution in [0.2, 0.25) is 0 Å². The van der Waals surface area contributed by atoms with E-state index in [0.717, 1.165) is 11.1 Å². The van der Waals surface area contributed by atoms with Crippen molar-refractivity contribution >= 4 is 5.97 Å². The van der Waals surface area contributed by atoms with E-state index in [9.17, 15) is 15.0 Å².